The van der Waals surface area contributed by atoms with Crippen molar-refractivity contribution in [3.8, 4) is 6.01 Å². The van der Waals surface area contributed by atoms with E-state index >= 15 is 0 Å². The molecule has 0 amide bonds. The average molecular weight is 724 g/mol. The number of ether oxygens (including phenoxy) is 2. The van der Waals surface area contributed by atoms with E-state index in [1.165, 1.54) is 109 Å². The molecule has 0 spiro atoms. The quantitative estimate of drug-likeness (QED) is 0.0407. The fourth-order valence-corrected chi connectivity index (χ4v) is 8.05. The molecule has 2 rings (SSSR count). The Kier molecular flexibility index (Phi) is 27.4. The minimum absolute atomic E-state index is 0.0809. The Bertz CT molecular complexity index is 936. The highest BCUT2D eigenvalue weighted by molar-refractivity contribution is 8.00. The predicted octanol–water partition coefficient (Wildman–Crippen LogP) is 10.2. The SMILES string of the molecule is CCCCCCCCCCCCCCCSc1nc(OCCCN2CCN(C)CC2)nc(SC(CCCCCCC)CC(=O)OCCC)n1. The van der Waals surface area contributed by atoms with Crippen LogP contribution in [0.25, 0.3) is 0 Å². The number of rotatable bonds is 32. The molecule has 2 heterocycles. The molecule has 1 aliphatic rings. The van der Waals surface area contributed by atoms with E-state index in [-0.39, 0.29) is 11.2 Å². The maximum absolute atomic E-state index is 12.6. The molecular formula is C39H73N5O3S2. The Hall–Kier alpha value is -1.10. The number of unbranched alkanes of at least 4 members (excludes halogenated alkanes) is 16. The molecule has 0 saturated carbocycles. The second kappa shape index (κ2) is 30.5. The number of hydrogen-bond acceptors (Lipinski definition) is 10. The second-order valence-electron chi connectivity index (χ2n) is 14.0. The third-order valence-electron chi connectivity index (χ3n) is 9.26. The van der Waals surface area contributed by atoms with E-state index in [0.717, 1.165) is 69.3 Å². The normalized spacial score (nSPS) is 14.7. The van der Waals surface area contributed by atoms with Crippen molar-refractivity contribution in [1.29, 1.82) is 0 Å². The van der Waals surface area contributed by atoms with Crippen LogP contribution >= 0.6 is 23.5 Å². The van der Waals surface area contributed by atoms with Crippen molar-refractivity contribution >= 4 is 29.5 Å². The van der Waals surface area contributed by atoms with Crippen molar-refractivity contribution in [2.75, 3.05) is 58.7 Å². The van der Waals surface area contributed by atoms with E-state index in [2.05, 4.69) is 30.7 Å². The third kappa shape index (κ3) is 23.9. The smallest absolute Gasteiger partial charge is 0.321 e. The van der Waals surface area contributed by atoms with Crippen LogP contribution < -0.4 is 4.74 Å². The highest BCUT2D eigenvalue weighted by atomic mass is 32.2. The number of carbonyl (C=O) groups excluding carboxylic acids is 1. The van der Waals surface area contributed by atoms with Gasteiger partial charge in [-0.2, -0.15) is 15.0 Å². The lowest BCUT2D eigenvalue weighted by Crippen LogP contribution is -2.44. The summed E-state index contributed by atoms with van der Waals surface area (Å²) in [7, 11) is 2.19. The van der Waals surface area contributed by atoms with Crippen LogP contribution in [-0.4, -0.2) is 94.7 Å². The van der Waals surface area contributed by atoms with Gasteiger partial charge in [-0.15, -0.1) is 0 Å². The molecule has 1 aliphatic heterocycles. The molecule has 1 unspecified atom stereocenters. The lowest BCUT2D eigenvalue weighted by Gasteiger charge is -2.32. The molecule has 0 N–H and O–H groups in total. The van der Waals surface area contributed by atoms with Gasteiger partial charge in [-0.25, -0.2) is 0 Å². The zero-order chi connectivity index (χ0) is 35.2. The van der Waals surface area contributed by atoms with Crippen molar-refractivity contribution < 1.29 is 14.3 Å². The highest BCUT2D eigenvalue weighted by Crippen LogP contribution is 2.30. The van der Waals surface area contributed by atoms with Gasteiger partial charge in [0.2, 0.25) is 0 Å². The maximum Gasteiger partial charge on any atom is 0.321 e. The standard InChI is InChI=1S/C39H73N5O3S2/c1-5-8-10-12-13-14-15-16-17-18-19-21-23-33-48-38-40-37(47-32-24-26-44-29-27-43(4)28-30-44)41-39(42-38)49-35(25-22-20-11-9-6-2)34-36(45)46-31-7-3/h35H,5-34H2,1-4H3. The fourth-order valence-electron chi connectivity index (χ4n) is 6.10. The molecular weight excluding hydrogens is 651 g/mol. The number of esters is 1. The third-order valence-corrected chi connectivity index (χ3v) is 11.3. The summed E-state index contributed by atoms with van der Waals surface area (Å²) in [5.74, 6) is 0.873. The summed E-state index contributed by atoms with van der Waals surface area (Å²) < 4.78 is 11.6. The minimum Gasteiger partial charge on any atom is -0.466 e. The number of aromatic nitrogens is 3. The van der Waals surface area contributed by atoms with Gasteiger partial charge in [0.05, 0.1) is 19.6 Å². The molecule has 0 aromatic carbocycles. The highest BCUT2D eigenvalue weighted by Gasteiger charge is 2.20. The summed E-state index contributed by atoms with van der Waals surface area (Å²) in [6.07, 6.45) is 26.8. The van der Waals surface area contributed by atoms with Crippen LogP contribution in [0.2, 0.25) is 0 Å². The molecule has 1 aromatic heterocycles. The summed E-state index contributed by atoms with van der Waals surface area (Å²) >= 11 is 3.31. The maximum atomic E-state index is 12.6. The van der Waals surface area contributed by atoms with Gasteiger partial charge in [-0.05, 0) is 32.7 Å². The van der Waals surface area contributed by atoms with Gasteiger partial charge in [0.25, 0.3) is 0 Å². The number of piperazine rings is 1. The first kappa shape index (κ1) is 44.1. The van der Waals surface area contributed by atoms with E-state index in [9.17, 15) is 4.79 Å². The van der Waals surface area contributed by atoms with Crippen molar-refractivity contribution in [3.05, 3.63) is 0 Å². The van der Waals surface area contributed by atoms with E-state index < -0.39 is 0 Å². The van der Waals surface area contributed by atoms with Crippen LogP contribution in [0.5, 0.6) is 6.01 Å². The van der Waals surface area contributed by atoms with Gasteiger partial charge in [0.1, 0.15) is 0 Å². The lowest BCUT2D eigenvalue weighted by molar-refractivity contribution is -0.143. The van der Waals surface area contributed by atoms with Crippen LogP contribution in [0.4, 0.5) is 0 Å². The van der Waals surface area contributed by atoms with Gasteiger partial charge in [-0.3, -0.25) is 4.79 Å². The summed E-state index contributed by atoms with van der Waals surface area (Å²) in [6.45, 7) is 13.1. The van der Waals surface area contributed by atoms with Gasteiger partial charge in [0, 0.05) is 43.7 Å². The summed E-state index contributed by atoms with van der Waals surface area (Å²) in [5, 5.41) is 1.48. The summed E-state index contributed by atoms with van der Waals surface area (Å²) in [4.78, 5) is 31.9. The largest absolute Gasteiger partial charge is 0.466 e. The Morgan fingerprint density at radius 3 is 1.86 bits per heavy atom. The first-order valence-corrected chi connectivity index (χ1v) is 22.1. The molecule has 0 bridgehead atoms. The summed E-state index contributed by atoms with van der Waals surface area (Å²) in [6, 6.07) is 0.416. The Morgan fingerprint density at radius 1 is 0.673 bits per heavy atom. The number of thioether (sulfide) groups is 2. The van der Waals surface area contributed by atoms with Gasteiger partial charge in [-0.1, -0.05) is 153 Å². The molecule has 1 saturated heterocycles. The van der Waals surface area contributed by atoms with Crippen molar-refractivity contribution in [2.24, 2.45) is 0 Å². The molecule has 49 heavy (non-hydrogen) atoms. The minimum atomic E-state index is -0.126. The number of likely N-dealkylation sites (N-methyl/N-ethyl adjacent to an activating group) is 1. The average Bonchev–Trinajstić information content (AvgIpc) is 3.10. The summed E-state index contributed by atoms with van der Waals surface area (Å²) in [5.41, 5.74) is 0. The topological polar surface area (TPSA) is 80.7 Å². The van der Waals surface area contributed by atoms with Crippen LogP contribution in [0, 0.1) is 0 Å². The molecule has 0 aliphatic carbocycles. The van der Waals surface area contributed by atoms with Gasteiger partial charge < -0.3 is 19.3 Å². The van der Waals surface area contributed by atoms with Crippen molar-refractivity contribution in [1.82, 2.24) is 24.8 Å². The molecule has 1 fully saturated rings. The lowest BCUT2D eigenvalue weighted by atomic mass is 10.1. The molecule has 1 atom stereocenters. The first-order chi connectivity index (χ1) is 24.0. The number of carbonyl (C=O) groups is 1. The van der Waals surface area contributed by atoms with Crippen molar-refractivity contribution in [3.63, 3.8) is 0 Å². The van der Waals surface area contributed by atoms with E-state index in [1.54, 1.807) is 23.5 Å². The predicted molar refractivity (Wildman–Crippen MR) is 209 cm³/mol. The van der Waals surface area contributed by atoms with Crippen LogP contribution in [0.15, 0.2) is 10.3 Å². The second-order valence-corrected chi connectivity index (χ2v) is 16.3. The Morgan fingerprint density at radius 2 is 1.24 bits per heavy atom. The fraction of sp³-hybridized carbons (Fsp3) is 0.897. The molecule has 10 heteroatoms. The van der Waals surface area contributed by atoms with E-state index in [0.29, 0.717) is 30.8 Å². The zero-order valence-corrected chi connectivity index (χ0v) is 33.7. The molecule has 0 radical (unpaired) electrons. The Labute approximate surface area is 309 Å². The van der Waals surface area contributed by atoms with Crippen LogP contribution in [-0.2, 0) is 9.53 Å². The number of hydrogen-bond donors (Lipinski definition) is 0. The van der Waals surface area contributed by atoms with Gasteiger partial charge >= 0.3 is 12.0 Å². The Balaban J connectivity index is 1.87. The molecule has 8 nitrogen and oxygen atoms in total. The van der Waals surface area contributed by atoms with Gasteiger partial charge in [0.15, 0.2) is 10.3 Å². The van der Waals surface area contributed by atoms with Crippen LogP contribution in [0.3, 0.4) is 0 Å². The van der Waals surface area contributed by atoms with E-state index in [1.807, 2.05) is 6.92 Å². The molecule has 284 valence electrons. The zero-order valence-electron chi connectivity index (χ0n) is 32.1. The number of nitrogens with zero attached hydrogens (tertiary/aromatic N) is 5. The first-order valence-electron chi connectivity index (χ1n) is 20.3. The van der Waals surface area contributed by atoms with Crippen molar-refractivity contribution in [2.45, 2.75) is 178 Å². The monoisotopic (exact) mass is 724 g/mol. The van der Waals surface area contributed by atoms with Crippen LogP contribution in [0.1, 0.15) is 162 Å². The molecule has 1 aromatic rings. The van der Waals surface area contributed by atoms with E-state index in [4.69, 9.17) is 24.4 Å².